The number of benzene rings is 1. The van der Waals surface area contributed by atoms with Gasteiger partial charge in [-0.1, -0.05) is 11.6 Å². The second-order valence-electron chi connectivity index (χ2n) is 10.1. The quantitative estimate of drug-likeness (QED) is 0.427. The van der Waals surface area contributed by atoms with E-state index in [0.717, 1.165) is 17.0 Å². The number of halogens is 2. The first-order valence-corrected chi connectivity index (χ1v) is 12.6. The molecule has 194 valence electrons. The number of aryl methyl sites for hydroxylation is 3. The summed E-state index contributed by atoms with van der Waals surface area (Å²) in [5.74, 6) is -0.0553. The van der Waals surface area contributed by atoms with Crippen LogP contribution in [0.1, 0.15) is 73.9 Å². The molecule has 36 heavy (non-hydrogen) atoms. The molecular weight excluding hydrogens is 485 g/mol. The van der Waals surface area contributed by atoms with Crippen LogP contribution in [0.5, 0.6) is 5.75 Å². The van der Waals surface area contributed by atoms with Crippen molar-refractivity contribution >= 4 is 28.8 Å². The smallest absolute Gasteiger partial charge is 0.258 e. The number of nitrogens with zero attached hydrogens (tertiary/aromatic N) is 3. The molecule has 0 unspecified atom stereocenters. The third-order valence-corrected chi connectivity index (χ3v) is 7.03. The van der Waals surface area contributed by atoms with E-state index in [1.165, 1.54) is 6.07 Å². The number of hydrogen-bond donors (Lipinski definition) is 3. The Hall–Kier alpha value is -2.91. The number of rotatable bonds is 7. The van der Waals surface area contributed by atoms with E-state index in [-0.39, 0.29) is 28.5 Å². The molecule has 0 spiro atoms. The lowest BCUT2D eigenvalue weighted by atomic mass is 9.81. The van der Waals surface area contributed by atoms with E-state index in [1.807, 2.05) is 32.1 Å². The van der Waals surface area contributed by atoms with Crippen LogP contribution >= 0.6 is 11.6 Å². The second-order valence-corrected chi connectivity index (χ2v) is 10.5. The average molecular weight is 518 g/mol. The average Bonchev–Trinajstić information content (AvgIpc) is 3.13. The molecule has 2 aromatic heterocycles. The number of fused-ring (bicyclic) bond motifs is 1. The number of aliphatic hydroxyl groups is 1. The predicted octanol–water partition coefficient (Wildman–Crippen LogP) is 4.41. The van der Waals surface area contributed by atoms with Crippen LogP contribution in [0.25, 0.3) is 5.52 Å². The number of anilines is 1. The van der Waals surface area contributed by atoms with Gasteiger partial charge < -0.3 is 20.9 Å². The number of nitrogen functional groups attached to an aromatic ring is 1. The van der Waals surface area contributed by atoms with Crippen LogP contribution in [-0.2, 0) is 12.8 Å². The summed E-state index contributed by atoms with van der Waals surface area (Å²) in [6, 6.07) is 1.52. The van der Waals surface area contributed by atoms with Crippen LogP contribution in [0.15, 0.2) is 18.5 Å². The van der Waals surface area contributed by atoms with Gasteiger partial charge in [0.1, 0.15) is 28.5 Å². The fraction of sp³-hybridized carbons (Fsp3) is 0.500. The first kappa shape index (κ1) is 26.2. The summed E-state index contributed by atoms with van der Waals surface area (Å²) in [4.78, 5) is 22.2. The number of carbonyl (C=O) groups is 1. The molecule has 0 saturated heterocycles. The topological polar surface area (TPSA) is 115 Å². The van der Waals surface area contributed by atoms with Crippen molar-refractivity contribution in [2.24, 2.45) is 0 Å². The van der Waals surface area contributed by atoms with Gasteiger partial charge in [0.25, 0.3) is 5.91 Å². The summed E-state index contributed by atoms with van der Waals surface area (Å²) >= 11 is 6.28. The summed E-state index contributed by atoms with van der Waals surface area (Å²) in [7, 11) is 0. The van der Waals surface area contributed by atoms with Crippen molar-refractivity contribution in [2.75, 3.05) is 5.73 Å². The molecule has 1 amide bonds. The SMILES string of the molecule is Cc1nc(CCc2cc(Cl)c(F)c(C(=O)NC3(C)CCC(O)CC3)c2OC(C)C)n2ccnc(N)c12. The first-order valence-electron chi connectivity index (χ1n) is 12.2. The van der Waals surface area contributed by atoms with Crippen LogP contribution in [0.3, 0.4) is 0 Å². The number of nitrogens with two attached hydrogens (primary N) is 1. The molecular formula is C26H33ClFN5O3. The van der Waals surface area contributed by atoms with E-state index in [0.29, 0.717) is 49.9 Å². The van der Waals surface area contributed by atoms with Crippen molar-refractivity contribution in [2.45, 2.75) is 84.0 Å². The summed E-state index contributed by atoms with van der Waals surface area (Å²) in [6.45, 7) is 7.42. The standard InChI is InChI=1S/C26H33ClFN5O3/c1-14(2)36-23-16(5-6-19-31-15(3)22-24(29)30-11-12-33(19)22)13-18(27)21(28)20(23)25(35)32-26(4)9-7-17(34)8-10-26/h11-14,17,34H,5-10H2,1-4H3,(H2,29,30)(H,32,35). The molecule has 1 aliphatic carbocycles. The Morgan fingerprint density at radius 2 is 2.08 bits per heavy atom. The van der Waals surface area contributed by atoms with Crippen LogP contribution < -0.4 is 15.8 Å². The minimum Gasteiger partial charge on any atom is -0.490 e. The third-order valence-electron chi connectivity index (χ3n) is 6.75. The fourth-order valence-electron chi connectivity index (χ4n) is 4.86. The van der Waals surface area contributed by atoms with Crippen molar-refractivity contribution in [3.8, 4) is 5.75 Å². The maximum absolute atomic E-state index is 15.4. The van der Waals surface area contributed by atoms with Gasteiger partial charge in [0.15, 0.2) is 5.82 Å². The van der Waals surface area contributed by atoms with Crippen LogP contribution in [0.2, 0.25) is 5.02 Å². The van der Waals surface area contributed by atoms with Gasteiger partial charge in [-0.3, -0.25) is 9.20 Å². The van der Waals surface area contributed by atoms with Gasteiger partial charge in [0, 0.05) is 24.4 Å². The number of imidazole rings is 1. The second kappa shape index (κ2) is 10.2. The molecule has 2 heterocycles. The molecule has 10 heteroatoms. The number of aliphatic hydroxyl groups excluding tert-OH is 1. The summed E-state index contributed by atoms with van der Waals surface area (Å²) < 4.78 is 23.3. The van der Waals surface area contributed by atoms with Gasteiger partial charge in [-0.25, -0.2) is 14.4 Å². The lowest BCUT2D eigenvalue weighted by Gasteiger charge is -2.36. The Labute approximate surface area is 215 Å². The zero-order valence-electron chi connectivity index (χ0n) is 21.1. The highest BCUT2D eigenvalue weighted by Gasteiger charge is 2.34. The molecule has 4 rings (SSSR count). The molecule has 4 N–H and O–H groups in total. The molecule has 0 radical (unpaired) electrons. The van der Waals surface area contributed by atoms with Crippen LogP contribution in [-0.4, -0.2) is 43.1 Å². The summed E-state index contributed by atoms with van der Waals surface area (Å²) in [5, 5.41) is 12.7. The van der Waals surface area contributed by atoms with E-state index < -0.39 is 17.3 Å². The molecule has 1 fully saturated rings. The fourth-order valence-corrected chi connectivity index (χ4v) is 5.09. The largest absolute Gasteiger partial charge is 0.490 e. The Morgan fingerprint density at radius 1 is 1.39 bits per heavy atom. The van der Waals surface area contributed by atoms with Crippen molar-refractivity contribution < 1.29 is 19.0 Å². The highest BCUT2D eigenvalue weighted by Crippen LogP contribution is 2.35. The minimum atomic E-state index is -0.811. The maximum Gasteiger partial charge on any atom is 0.258 e. The molecule has 0 bridgehead atoms. The van der Waals surface area contributed by atoms with Gasteiger partial charge in [-0.2, -0.15) is 0 Å². The van der Waals surface area contributed by atoms with Crippen molar-refractivity contribution in [3.63, 3.8) is 0 Å². The monoisotopic (exact) mass is 517 g/mol. The number of amides is 1. The van der Waals surface area contributed by atoms with Gasteiger partial charge in [-0.15, -0.1) is 0 Å². The number of ether oxygens (including phenoxy) is 1. The minimum absolute atomic E-state index is 0.145. The van der Waals surface area contributed by atoms with E-state index in [1.54, 1.807) is 12.4 Å². The number of nitrogens with one attached hydrogen (secondary N) is 1. The number of aromatic nitrogens is 3. The molecule has 1 saturated carbocycles. The highest BCUT2D eigenvalue weighted by molar-refractivity contribution is 6.31. The van der Waals surface area contributed by atoms with E-state index >= 15 is 4.39 Å². The van der Waals surface area contributed by atoms with Crippen molar-refractivity contribution in [3.05, 3.63) is 51.9 Å². The molecule has 0 atom stereocenters. The lowest BCUT2D eigenvalue weighted by Crippen LogP contribution is -2.49. The molecule has 0 aliphatic heterocycles. The molecule has 3 aromatic rings. The van der Waals surface area contributed by atoms with Gasteiger partial charge >= 0.3 is 0 Å². The summed E-state index contributed by atoms with van der Waals surface area (Å²) in [5.41, 5.74) is 7.40. The lowest BCUT2D eigenvalue weighted by molar-refractivity contribution is 0.0718. The van der Waals surface area contributed by atoms with Gasteiger partial charge in [-0.05, 0) is 71.4 Å². The Bertz CT molecular complexity index is 1280. The van der Waals surface area contributed by atoms with Gasteiger partial charge in [0.05, 0.1) is 22.9 Å². The van der Waals surface area contributed by atoms with Gasteiger partial charge in [0.2, 0.25) is 0 Å². The Morgan fingerprint density at radius 3 is 2.75 bits per heavy atom. The summed E-state index contributed by atoms with van der Waals surface area (Å²) in [6.07, 6.45) is 5.97. The van der Waals surface area contributed by atoms with Crippen LogP contribution in [0, 0.1) is 12.7 Å². The normalized spacial score (nSPS) is 20.2. The maximum atomic E-state index is 15.4. The molecule has 1 aliphatic rings. The van der Waals surface area contributed by atoms with Crippen LogP contribution in [0.4, 0.5) is 10.2 Å². The number of carbonyl (C=O) groups excluding carboxylic acids is 1. The predicted molar refractivity (Wildman–Crippen MR) is 137 cm³/mol. The Kier molecular flexibility index (Phi) is 7.43. The highest BCUT2D eigenvalue weighted by atomic mass is 35.5. The zero-order chi connectivity index (χ0) is 26.2. The first-order chi connectivity index (χ1) is 17.0. The third kappa shape index (κ3) is 5.27. The zero-order valence-corrected chi connectivity index (χ0v) is 21.8. The Balaban J connectivity index is 1.68. The van der Waals surface area contributed by atoms with E-state index in [2.05, 4.69) is 15.3 Å². The van der Waals surface area contributed by atoms with Crippen molar-refractivity contribution in [1.82, 2.24) is 19.7 Å². The number of hydrogen-bond acceptors (Lipinski definition) is 6. The van der Waals surface area contributed by atoms with Crippen molar-refractivity contribution in [1.29, 1.82) is 0 Å². The van der Waals surface area contributed by atoms with E-state index in [9.17, 15) is 9.90 Å². The van der Waals surface area contributed by atoms with E-state index in [4.69, 9.17) is 22.1 Å². The molecule has 8 nitrogen and oxygen atoms in total. The molecule has 1 aromatic carbocycles.